The number of morpholine rings is 1. The number of likely N-dealkylation sites (tertiary alicyclic amines) is 1. The minimum atomic E-state index is -1.10. The molecule has 1 aromatic carbocycles. The van der Waals surface area contributed by atoms with Crippen LogP contribution in [0.5, 0.6) is 0 Å². The maximum absolute atomic E-state index is 13.9. The summed E-state index contributed by atoms with van der Waals surface area (Å²) in [5.74, 6) is -1.55. The van der Waals surface area contributed by atoms with Gasteiger partial charge < -0.3 is 9.84 Å². The van der Waals surface area contributed by atoms with Crippen molar-refractivity contribution in [3.05, 3.63) is 35.1 Å². The third-order valence-corrected chi connectivity index (χ3v) is 3.81. The van der Waals surface area contributed by atoms with Crippen LogP contribution >= 0.6 is 0 Å². The van der Waals surface area contributed by atoms with E-state index in [4.69, 9.17) is 9.84 Å². The average Bonchev–Trinajstić information content (AvgIpc) is 2.71. The van der Waals surface area contributed by atoms with E-state index in [0.717, 1.165) is 32.0 Å². The molecule has 19 heavy (non-hydrogen) atoms. The van der Waals surface area contributed by atoms with Crippen LogP contribution in [0.25, 0.3) is 0 Å². The summed E-state index contributed by atoms with van der Waals surface area (Å²) in [4.78, 5) is 12.9. The zero-order chi connectivity index (χ0) is 13.4. The molecule has 2 saturated heterocycles. The Morgan fingerprint density at radius 3 is 2.63 bits per heavy atom. The number of halogens is 1. The molecule has 2 aliphatic heterocycles. The van der Waals surface area contributed by atoms with Crippen molar-refractivity contribution in [2.24, 2.45) is 0 Å². The van der Waals surface area contributed by atoms with E-state index in [-0.39, 0.29) is 17.8 Å². The second kappa shape index (κ2) is 4.90. The minimum Gasteiger partial charge on any atom is -0.478 e. The van der Waals surface area contributed by atoms with E-state index in [1.54, 1.807) is 6.07 Å². The second-order valence-electron chi connectivity index (χ2n) is 5.26. The quantitative estimate of drug-likeness (QED) is 0.906. The van der Waals surface area contributed by atoms with E-state index < -0.39 is 11.8 Å². The van der Waals surface area contributed by atoms with E-state index in [9.17, 15) is 9.18 Å². The first kappa shape index (κ1) is 12.6. The van der Waals surface area contributed by atoms with Gasteiger partial charge in [-0.1, -0.05) is 6.07 Å². The van der Waals surface area contributed by atoms with Crippen molar-refractivity contribution >= 4 is 5.97 Å². The van der Waals surface area contributed by atoms with Gasteiger partial charge >= 0.3 is 5.97 Å². The SMILES string of the molecule is O=C(O)c1ccc(CN2CC3CCC(C2)O3)c(F)c1. The lowest BCUT2D eigenvalue weighted by Gasteiger charge is -2.32. The zero-order valence-corrected chi connectivity index (χ0v) is 10.5. The number of carboxylic acid groups (broad SMARTS) is 1. The lowest BCUT2D eigenvalue weighted by molar-refractivity contribution is -0.0413. The van der Waals surface area contributed by atoms with Crippen molar-refractivity contribution in [3.63, 3.8) is 0 Å². The largest absolute Gasteiger partial charge is 0.478 e. The predicted octanol–water partition coefficient (Wildman–Crippen LogP) is 1.89. The molecule has 0 saturated carbocycles. The van der Waals surface area contributed by atoms with E-state index in [1.807, 2.05) is 0 Å². The molecule has 2 heterocycles. The average molecular weight is 265 g/mol. The molecule has 0 aromatic heterocycles. The third kappa shape index (κ3) is 2.62. The molecule has 1 aromatic rings. The van der Waals surface area contributed by atoms with Gasteiger partial charge in [-0.2, -0.15) is 0 Å². The molecule has 5 heteroatoms. The second-order valence-corrected chi connectivity index (χ2v) is 5.26. The maximum atomic E-state index is 13.9. The fourth-order valence-electron chi connectivity index (χ4n) is 2.88. The first-order chi connectivity index (χ1) is 9.11. The summed E-state index contributed by atoms with van der Waals surface area (Å²) in [5.41, 5.74) is 0.537. The smallest absolute Gasteiger partial charge is 0.335 e. The fraction of sp³-hybridized carbons (Fsp3) is 0.500. The molecule has 2 fully saturated rings. The van der Waals surface area contributed by atoms with Gasteiger partial charge in [0.25, 0.3) is 0 Å². The number of benzene rings is 1. The Kier molecular flexibility index (Phi) is 3.24. The summed E-state index contributed by atoms with van der Waals surface area (Å²) in [7, 11) is 0. The van der Waals surface area contributed by atoms with Crippen LogP contribution in [-0.2, 0) is 11.3 Å². The standard InChI is InChI=1S/C14H16FNO3/c15-13-5-9(14(17)18)1-2-10(13)6-16-7-11-3-4-12(8-16)19-11/h1-2,5,11-12H,3-4,6-8H2,(H,17,18). The highest BCUT2D eigenvalue weighted by atomic mass is 19.1. The van der Waals surface area contributed by atoms with Gasteiger partial charge in [0.05, 0.1) is 17.8 Å². The van der Waals surface area contributed by atoms with Crippen molar-refractivity contribution in [2.45, 2.75) is 31.6 Å². The Balaban J connectivity index is 1.71. The van der Waals surface area contributed by atoms with Gasteiger partial charge in [-0.25, -0.2) is 9.18 Å². The van der Waals surface area contributed by atoms with E-state index in [2.05, 4.69) is 4.90 Å². The summed E-state index contributed by atoms with van der Waals surface area (Å²) < 4.78 is 19.6. The van der Waals surface area contributed by atoms with Crippen LogP contribution in [0.2, 0.25) is 0 Å². The first-order valence-corrected chi connectivity index (χ1v) is 6.51. The van der Waals surface area contributed by atoms with E-state index >= 15 is 0 Å². The highest BCUT2D eigenvalue weighted by Gasteiger charge is 2.33. The molecular weight excluding hydrogens is 249 g/mol. The summed E-state index contributed by atoms with van der Waals surface area (Å²) in [6.07, 6.45) is 2.73. The van der Waals surface area contributed by atoms with Crippen LogP contribution in [0.15, 0.2) is 18.2 Å². The monoisotopic (exact) mass is 265 g/mol. The number of hydrogen-bond acceptors (Lipinski definition) is 3. The lowest BCUT2D eigenvalue weighted by Crippen LogP contribution is -2.42. The third-order valence-electron chi connectivity index (χ3n) is 3.81. The van der Waals surface area contributed by atoms with Crippen LogP contribution in [-0.4, -0.2) is 41.3 Å². The molecule has 102 valence electrons. The minimum absolute atomic E-state index is 0.0108. The topological polar surface area (TPSA) is 49.8 Å². The molecule has 1 N–H and O–H groups in total. The number of hydrogen-bond donors (Lipinski definition) is 1. The number of ether oxygens (including phenoxy) is 1. The van der Waals surface area contributed by atoms with Crippen LogP contribution < -0.4 is 0 Å². The Bertz CT molecular complexity index is 493. The van der Waals surface area contributed by atoms with Crippen LogP contribution in [0.3, 0.4) is 0 Å². The molecule has 0 aliphatic carbocycles. The highest BCUT2D eigenvalue weighted by Crippen LogP contribution is 2.27. The molecule has 3 rings (SSSR count). The molecule has 0 amide bonds. The molecule has 2 aliphatic rings. The van der Waals surface area contributed by atoms with Gasteiger partial charge in [0.15, 0.2) is 0 Å². The van der Waals surface area contributed by atoms with Gasteiger partial charge in [0.2, 0.25) is 0 Å². The molecule has 2 bridgehead atoms. The van der Waals surface area contributed by atoms with Crippen molar-refractivity contribution in [1.82, 2.24) is 4.90 Å². The first-order valence-electron chi connectivity index (χ1n) is 6.51. The van der Waals surface area contributed by atoms with E-state index in [0.29, 0.717) is 12.1 Å². The van der Waals surface area contributed by atoms with Gasteiger partial charge in [-0.05, 0) is 25.0 Å². The summed E-state index contributed by atoms with van der Waals surface area (Å²) in [6.45, 7) is 2.18. The molecule has 2 unspecified atom stereocenters. The number of carbonyl (C=O) groups is 1. The summed E-state index contributed by atoms with van der Waals surface area (Å²) >= 11 is 0. The molecular formula is C14H16FNO3. The molecule has 0 radical (unpaired) electrons. The highest BCUT2D eigenvalue weighted by molar-refractivity contribution is 5.87. The fourth-order valence-corrected chi connectivity index (χ4v) is 2.88. The Labute approximate surface area is 110 Å². The van der Waals surface area contributed by atoms with Crippen molar-refractivity contribution < 1.29 is 19.0 Å². The van der Waals surface area contributed by atoms with Crippen LogP contribution in [0, 0.1) is 5.82 Å². The Hall–Kier alpha value is -1.46. The van der Waals surface area contributed by atoms with Gasteiger partial charge in [-0.3, -0.25) is 4.90 Å². The zero-order valence-electron chi connectivity index (χ0n) is 10.5. The van der Waals surface area contributed by atoms with Crippen LogP contribution in [0.4, 0.5) is 4.39 Å². The van der Waals surface area contributed by atoms with Gasteiger partial charge in [0.1, 0.15) is 5.82 Å². The van der Waals surface area contributed by atoms with Crippen LogP contribution in [0.1, 0.15) is 28.8 Å². The normalized spacial score (nSPS) is 26.6. The van der Waals surface area contributed by atoms with E-state index in [1.165, 1.54) is 6.07 Å². The summed E-state index contributed by atoms with van der Waals surface area (Å²) in [5, 5.41) is 8.81. The number of nitrogens with zero attached hydrogens (tertiary/aromatic N) is 1. The lowest BCUT2D eigenvalue weighted by atomic mass is 10.1. The molecule has 2 atom stereocenters. The summed E-state index contributed by atoms with van der Waals surface area (Å²) in [6, 6.07) is 4.11. The Morgan fingerprint density at radius 2 is 2.05 bits per heavy atom. The van der Waals surface area contributed by atoms with Gasteiger partial charge in [0, 0.05) is 25.2 Å². The number of carboxylic acids is 1. The van der Waals surface area contributed by atoms with Crippen molar-refractivity contribution in [3.8, 4) is 0 Å². The van der Waals surface area contributed by atoms with Crippen molar-refractivity contribution in [2.75, 3.05) is 13.1 Å². The Morgan fingerprint density at radius 1 is 1.37 bits per heavy atom. The number of rotatable bonds is 3. The maximum Gasteiger partial charge on any atom is 0.335 e. The number of fused-ring (bicyclic) bond motifs is 2. The predicted molar refractivity (Wildman–Crippen MR) is 66.5 cm³/mol. The van der Waals surface area contributed by atoms with Crippen molar-refractivity contribution in [1.29, 1.82) is 0 Å². The molecule has 4 nitrogen and oxygen atoms in total. The molecule has 0 spiro atoms. The number of aromatic carboxylic acids is 1. The van der Waals surface area contributed by atoms with Gasteiger partial charge in [-0.15, -0.1) is 0 Å².